The number of nitrogens with zero attached hydrogens (tertiary/aromatic N) is 2. The van der Waals surface area contributed by atoms with Crippen molar-refractivity contribution in [1.29, 1.82) is 0 Å². The molecule has 0 fully saturated rings. The number of aliphatic imine (C=N–C) groups is 2. The Morgan fingerprint density at radius 2 is 1.20 bits per heavy atom. The Morgan fingerprint density at radius 3 is 1.70 bits per heavy atom. The number of nitrogens with one attached hydrogen (secondary N) is 4. The quantitative estimate of drug-likeness (QED) is 0.0349. The highest BCUT2D eigenvalue weighted by molar-refractivity contribution is 5.94. The van der Waals surface area contributed by atoms with Crippen LogP contribution in [0.15, 0.2) is 9.98 Å². The topological polar surface area (TPSA) is 335 Å². The van der Waals surface area contributed by atoms with E-state index in [4.69, 9.17) is 39.5 Å². The molecule has 0 radical (unpaired) electrons. The van der Waals surface area contributed by atoms with Crippen molar-refractivity contribution in [3.8, 4) is 0 Å². The predicted octanol–water partition coefficient (Wildman–Crippen LogP) is -5.16. The van der Waals surface area contributed by atoms with Crippen molar-refractivity contribution in [2.24, 2.45) is 44.4 Å². The van der Waals surface area contributed by atoms with Gasteiger partial charge in [0.15, 0.2) is 11.9 Å². The van der Waals surface area contributed by atoms with Gasteiger partial charge in [0.1, 0.15) is 18.6 Å². The Balaban J connectivity index is 5.37. The molecule has 0 heterocycles. The van der Waals surface area contributed by atoms with Gasteiger partial charge in [0.2, 0.25) is 23.6 Å². The van der Waals surface area contributed by atoms with Crippen LogP contribution in [0.5, 0.6) is 0 Å². The lowest BCUT2D eigenvalue weighted by atomic mass is 10.1. The second-order valence-electron chi connectivity index (χ2n) is 8.80. The molecule has 0 aromatic rings. The summed E-state index contributed by atoms with van der Waals surface area (Å²) < 4.78 is 0. The summed E-state index contributed by atoms with van der Waals surface area (Å²) in [6, 6.07) is -3.10. The number of rotatable bonds is 21. The van der Waals surface area contributed by atoms with Crippen LogP contribution in [0.25, 0.3) is 0 Å². The van der Waals surface area contributed by atoms with Crippen LogP contribution in [0.3, 0.4) is 0 Å². The third kappa shape index (κ3) is 18.1. The van der Waals surface area contributed by atoms with E-state index < -0.39 is 60.8 Å². The smallest absolute Gasteiger partial charge is 0.322 e. The van der Waals surface area contributed by atoms with Crippen molar-refractivity contribution in [3.63, 3.8) is 0 Å². The molecule has 0 rings (SSSR count). The van der Waals surface area contributed by atoms with E-state index in [1.165, 1.54) is 0 Å². The highest BCUT2D eigenvalue weighted by atomic mass is 16.4. The lowest BCUT2D eigenvalue weighted by Gasteiger charge is -2.23. The van der Waals surface area contributed by atoms with Gasteiger partial charge >= 0.3 is 5.97 Å². The number of hydrogen-bond donors (Lipinski definition) is 11. The lowest BCUT2D eigenvalue weighted by Crippen LogP contribution is -2.55. The van der Waals surface area contributed by atoms with Crippen molar-refractivity contribution < 1.29 is 29.1 Å². The maximum absolute atomic E-state index is 13.1. The molecule has 0 saturated carbocycles. The average Bonchev–Trinajstić information content (AvgIpc) is 2.88. The van der Waals surface area contributed by atoms with Gasteiger partial charge in [-0.1, -0.05) is 6.42 Å². The molecular weight excluding hydrogens is 528 g/mol. The van der Waals surface area contributed by atoms with Crippen molar-refractivity contribution >= 4 is 41.5 Å². The number of amides is 4. The molecule has 3 atom stereocenters. The molecular formula is C22H44N12O6. The minimum atomic E-state index is -1.27. The summed E-state index contributed by atoms with van der Waals surface area (Å²) in [5, 5.41) is 18.5. The first-order valence-electron chi connectivity index (χ1n) is 12.8. The highest BCUT2D eigenvalue weighted by Gasteiger charge is 2.27. The molecule has 4 amide bonds. The first-order valence-corrected chi connectivity index (χ1v) is 12.8. The number of carbonyl (C=O) groups excluding carboxylic acids is 4. The number of nitrogens with two attached hydrogens (primary N) is 6. The number of unbranched alkanes of at least 4 members (excludes halogenated alkanes) is 1. The molecule has 18 nitrogen and oxygen atoms in total. The monoisotopic (exact) mass is 572 g/mol. The largest absolute Gasteiger partial charge is 0.480 e. The molecule has 0 unspecified atom stereocenters. The van der Waals surface area contributed by atoms with Crippen LogP contribution in [0, 0.1) is 0 Å². The summed E-state index contributed by atoms with van der Waals surface area (Å²) in [6.45, 7) is -0.305. The van der Waals surface area contributed by atoms with Crippen LogP contribution in [-0.4, -0.2) is 97.5 Å². The Labute approximate surface area is 232 Å². The molecule has 0 spiro atoms. The van der Waals surface area contributed by atoms with Crippen molar-refractivity contribution in [1.82, 2.24) is 21.3 Å². The number of aliphatic carboxylic acids is 1. The average molecular weight is 573 g/mol. The molecule has 18 heteroatoms. The standard InChI is InChI=1S/C22H44N12O6/c23-8-2-1-5-13(24)18(38)31-11-16(35)33-15(7-4-10-30-22(27)28)20(40)34-14(6-3-9-29-21(25)26)19(39)32-12-17(36)37/h13-15H,1-12,23-24H2,(H,31,38)(H,32,39)(H,33,35)(H,34,40)(H,36,37)(H4,25,26,29)(H4,27,28,30)/t13-,14-,15-/m0/s1. The Bertz CT molecular complexity index is 890. The summed E-state index contributed by atoms with van der Waals surface area (Å²) in [5.41, 5.74) is 32.5. The number of carboxylic acids is 1. The third-order valence-corrected chi connectivity index (χ3v) is 5.32. The van der Waals surface area contributed by atoms with Crippen molar-refractivity contribution in [2.45, 2.75) is 63.1 Å². The first-order chi connectivity index (χ1) is 18.9. The number of guanidine groups is 2. The van der Waals surface area contributed by atoms with Gasteiger partial charge in [-0.05, 0) is 45.1 Å². The van der Waals surface area contributed by atoms with Gasteiger partial charge in [0.25, 0.3) is 0 Å². The minimum Gasteiger partial charge on any atom is -0.480 e. The van der Waals surface area contributed by atoms with Crippen LogP contribution in [0.4, 0.5) is 0 Å². The fourth-order valence-corrected chi connectivity index (χ4v) is 3.29. The van der Waals surface area contributed by atoms with Crippen LogP contribution in [0.2, 0.25) is 0 Å². The zero-order chi connectivity index (χ0) is 30.5. The zero-order valence-electron chi connectivity index (χ0n) is 22.6. The zero-order valence-corrected chi connectivity index (χ0v) is 22.6. The van der Waals surface area contributed by atoms with E-state index in [0.29, 0.717) is 25.8 Å². The predicted molar refractivity (Wildman–Crippen MR) is 148 cm³/mol. The molecule has 0 aromatic carbocycles. The van der Waals surface area contributed by atoms with Crippen LogP contribution in [0.1, 0.15) is 44.9 Å². The van der Waals surface area contributed by atoms with Gasteiger partial charge in [0.05, 0.1) is 12.6 Å². The van der Waals surface area contributed by atoms with E-state index in [2.05, 4.69) is 31.3 Å². The van der Waals surface area contributed by atoms with Crippen LogP contribution in [-0.2, 0) is 24.0 Å². The summed E-state index contributed by atoms with van der Waals surface area (Å²) in [6.07, 6.45) is 2.48. The van der Waals surface area contributed by atoms with Gasteiger partial charge in [-0.25, -0.2) is 0 Å². The van der Waals surface area contributed by atoms with E-state index >= 15 is 0 Å². The summed E-state index contributed by atoms with van der Waals surface area (Å²) in [4.78, 5) is 68.9. The van der Waals surface area contributed by atoms with Crippen LogP contribution < -0.4 is 55.7 Å². The number of hydrogen-bond acceptors (Lipinski definition) is 9. The third-order valence-electron chi connectivity index (χ3n) is 5.32. The molecule has 0 bridgehead atoms. The van der Waals surface area contributed by atoms with E-state index in [9.17, 15) is 24.0 Å². The second kappa shape index (κ2) is 20.7. The van der Waals surface area contributed by atoms with E-state index in [1.807, 2.05) is 0 Å². The van der Waals surface area contributed by atoms with Gasteiger partial charge in [-0.2, -0.15) is 0 Å². The Morgan fingerprint density at radius 1 is 0.675 bits per heavy atom. The van der Waals surface area contributed by atoms with Gasteiger partial charge in [0, 0.05) is 13.1 Å². The fourth-order valence-electron chi connectivity index (χ4n) is 3.29. The molecule has 0 aliphatic carbocycles. The molecule has 0 saturated heterocycles. The minimum absolute atomic E-state index is 0.0702. The van der Waals surface area contributed by atoms with Crippen LogP contribution >= 0.6 is 0 Å². The lowest BCUT2D eigenvalue weighted by molar-refractivity contribution is -0.138. The molecule has 0 aliphatic heterocycles. The highest BCUT2D eigenvalue weighted by Crippen LogP contribution is 2.04. The van der Waals surface area contributed by atoms with E-state index in [0.717, 1.165) is 0 Å². The second-order valence-corrected chi connectivity index (χ2v) is 8.80. The molecule has 40 heavy (non-hydrogen) atoms. The van der Waals surface area contributed by atoms with E-state index in [1.54, 1.807) is 0 Å². The summed E-state index contributed by atoms with van der Waals surface area (Å²) in [5.74, 6) is -4.25. The first kappa shape index (κ1) is 35.8. The SMILES string of the molecule is NCCCC[C@H](N)C(=O)NCC(=O)N[C@@H](CCCN=C(N)N)C(=O)N[C@@H](CCCN=C(N)N)C(=O)NCC(=O)O. The number of carboxylic acid groups (broad SMARTS) is 1. The molecule has 0 aromatic heterocycles. The summed E-state index contributed by atoms with van der Waals surface area (Å²) >= 11 is 0. The molecule has 17 N–H and O–H groups in total. The Kier molecular flexibility index (Phi) is 18.6. The molecule has 0 aliphatic rings. The normalized spacial score (nSPS) is 12.7. The summed E-state index contributed by atoms with van der Waals surface area (Å²) in [7, 11) is 0. The molecule has 228 valence electrons. The van der Waals surface area contributed by atoms with Crippen molar-refractivity contribution in [3.05, 3.63) is 0 Å². The Hall–Kier alpha value is -4.19. The van der Waals surface area contributed by atoms with E-state index in [-0.39, 0.29) is 50.7 Å². The maximum Gasteiger partial charge on any atom is 0.322 e. The maximum atomic E-state index is 13.1. The fraction of sp³-hybridized carbons (Fsp3) is 0.682. The van der Waals surface area contributed by atoms with Crippen molar-refractivity contribution in [2.75, 3.05) is 32.7 Å². The van der Waals surface area contributed by atoms with Gasteiger partial charge < -0.3 is 60.8 Å². The number of carbonyl (C=O) groups is 5. The van der Waals surface area contributed by atoms with Gasteiger partial charge in [-0.15, -0.1) is 0 Å². The van der Waals surface area contributed by atoms with Gasteiger partial charge in [-0.3, -0.25) is 34.0 Å².